The lowest BCUT2D eigenvalue weighted by atomic mass is 10.1. The monoisotopic (exact) mass is 409 g/mol. The zero-order valence-corrected chi connectivity index (χ0v) is 15.9. The Bertz CT molecular complexity index is 724. The summed E-state index contributed by atoms with van der Waals surface area (Å²) in [5, 5.41) is 18.9. The van der Waals surface area contributed by atoms with Crippen molar-refractivity contribution >= 4 is 33.7 Å². The predicted molar refractivity (Wildman–Crippen MR) is 95.4 cm³/mol. The molecule has 0 saturated carbocycles. The van der Waals surface area contributed by atoms with Crippen molar-refractivity contribution in [3.05, 3.63) is 28.2 Å². The van der Waals surface area contributed by atoms with Gasteiger partial charge in [0, 0.05) is 24.1 Å². The van der Waals surface area contributed by atoms with Gasteiger partial charge >= 0.3 is 12.1 Å². The number of carbonyl (C=O) groups excluding carboxylic acids is 1. The first-order valence-electron chi connectivity index (χ1n) is 7.80. The van der Waals surface area contributed by atoms with Gasteiger partial charge in [0.05, 0.1) is 11.3 Å². The summed E-state index contributed by atoms with van der Waals surface area (Å²) in [4.78, 5) is 27.1. The van der Waals surface area contributed by atoms with Crippen molar-refractivity contribution in [3.63, 3.8) is 0 Å². The third kappa shape index (κ3) is 4.42. The zero-order chi connectivity index (χ0) is 18.8. The van der Waals surface area contributed by atoms with Gasteiger partial charge in [0.2, 0.25) is 0 Å². The number of carbonyl (C=O) groups is 2. The molecule has 0 aliphatic carbocycles. The molecular formula is C17H20BrN3O4. The van der Waals surface area contributed by atoms with Crippen molar-refractivity contribution in [2.75, 3.05) is 24.5 Å². The summed E-state index contributed by atoms with van der Waals surface area (Å²) in [5.74, 6) is -1.11. The van der Waals surface area contributed by atoms with Gasteiger partial charge in [-0.1, -0.05) is 6.07 Å². The van der Waals surface area contributed by atoms with Crippen LogP contribution in [0.15, 0.2) is 22.7 Å². The van der Waals surface area contributed by atoms with Crippen LogP contribution in [-0.4, -0.2) is 53.3 Å². The number of piperazine rings is 1. The number of aliphatic carboxylic acids is 1. The summed E-state index contributed by atoms with van der Waals surface area (Å²) < 4.78 is 6.02. The number of halogens is 1. The average molecular weight is 410 g/mol. The predicted octanol–water partition coefficient (Wildman–Crippen LogP) is 2.83. The summed E-state index contributed by atoms with van der Waals surface area (Å²) >= 11 is 3.42. The number of amides is 1. The Hall–Kier alpha value is -2.27. The van der Waals surface area contributed by atoms with Gasteiger partial charge in [0.25, 0.3) is 0 Å². The largest absolute Gasteiger partial charge is 0.480 e. The second-order valence-electron chi connectivity index (χ2n) is 6.72. The molecule has 0 spiro atoms. The minimum Gasteiger partial charge on any atom is -0.480 e. The normalized spacial score (nSPS) is 17.8. The highest BCUT2D eigenvalue weighted by Crippen LogP contribution is 2.32. The van der Waals surface area contributed by atoms with Crippen molar-refractivity contribution in [1.29, 1.82) is 5.26 Å². The molecule has 1 aliphatic rings. The second kappa shape index (κ2) is 7.31. The Morgan fingerprint density at radius 3 is 2.60 bits per heavy atom. The van der Waals surface area contributed by atoms with E-state index in [0.717, 1.165) is 0 Å². The number of nitrogens with zero attached hydrogens (tertiary/aromatic N) is 3. The number of nitriles is 1. The van der Waals surface area contributed by atoms with Crippen molar-refractivity contribution in [2.24, 2.45) is 0 Å². The molecule has 0 aromatic heterocycles. The topological polar surface area (TPSA) is 93.9 Å². The van der Waals surface area contributed by atoms with E-state index >= 15 is 0 Å². The molecule has 1 aromatic rings. The fourth-order valence-corrected chi connectivity index (χ4v) is 3.28. The maximum Gasteiger partial charge on any atom is 0.411 e. The summed E-state index contributed by atoms with van der Waals surface area (Å²) in [6.45, 7) is 5.87. The molecule has 134 valence electrons. The van der Waals surface area contributed by atoms with Crippen LogP contribution in [0.25, 0.3) is 0 Å². The third-order valence-corrected chi connectivity index (χ3v) is 4.36. The number of rotatable bonds is 2. The van der Waals surface area contributed by atoms with E-state index < -0.39 is 23.7 Å². The molecule has 7 nitrogen and oxygen atoms in total. The first-order valence-corrected chi connectivity index (χ1v) is 8.59. The first-order chi connectivity index (χ1) is 11.6. The molecular weight excluding hydrogens is 390 g/mol. The summed E-state index contributed by atoms with van der Waals surface area (Å²) in [7, 11) is 0. The van der Waals surface area contributed by atoms with Gasteiger partial charge in [-0.2, -0.15) is 5.26 Å². The Kier molecular flexibility index (Phi) is 5.58. The minimum absolute atomic E-state index is 0.0753. The molecule has 0 radical (unpaired) electrons. The maximum atomic E-state index is 12.3. The molecule has 1 aliphatic heterocycles. The number of para-hydroxylation sites is 1. The average Bonchev–Trinajstić information content (AvgIpc) is 2.52. The molecule has 1 fully saturated rings. The van der Waals surface area contributed by atoms with Gasteiger partial charge in [0.1, 0.15) is 17.7 Å². The van der Waals surface area contributed by atoms with Crippen LogP contribution in [-0.2, 0) is 9.53 Å². The Morgan fingerprint density at radius 1 is 1.36 bits per heavy atom. The van der Waals surface area contributed by atoms with Gasteiger partial charge in [-0.05, 0) is 48.8 Å². The van der Waals surface area contributed by atoms with E-state index in [1.165, 1.54) is 4.90 Å². The molecule has 1 saturated heterocycles. The SMILES string of the molecule is CC(C)(C)OC(=O)N1CCN(c2c(Br)cccc2C#N)C[C@H]1C(=O)O. The van der Waals surface area contributed by atoms with Crippen LogP contribution >= 0.6 is 15.9 Å². The van der Waals surface area contributed by atoms with E-state index in [0.29, 0.717) is 22.3 Å². The summed E-state index contributed by atoms with van der Waals surface area (Å²) in [6, 6.07) is 6.29. The molecule has 1 heterocycles. The zero-order valence-electron chi connectivity index (χ0n) is 14.3. The quantitative estimate of drug-likeness (QED) is 0.806. The van der Waals surface area contributed by atoms with E-state index in [1.54, 1.807) is 39.0 Å². The minimum atomic E-state index is -1.11. The summed E-state index contributed by atoms with van der Waals surface area (Å²) in [5.41, 5.74) is 0.387. The molecule has 1 amide bonds. The number of carboxylic acids is 1. The van der Waals surface area contributed by atoms with Gasteiger partial charge in [-0.15, -0.1) is 0 Å². The Balaban J connectivity index is 2.27. The van der Waals surface area contributed by atoms with Crippen LogP contribution in [0.1, 0.15) is 26.3 Å². The summed E-state index contributed by atoms with van der Waals surface area (Å²) in [6.07, 6.45) is -0.646. The molecule has 1 atom stereocenters. The number of hydrogen-bond donors (Lipinski definition) is 1. The molecule has 0 bridgehead atoms. The van der Waals surface area contributed by atoms with Crippen molar-refractivity contribution in [3.8, 4) is 6.07 Å². The molecule has 0 unspecified atom stereocenters. The van der Waals surface area contributed by atoms with Crippen LogP contribution < -0.4 is 4.90 Å². The van der Waals surface area contributed by atoms with Crippen LogP contribution in [0.3, 0.4) is 0 Å². The van der Waals surface area contributed by atoms with E-state index in [2.05, 4.69) is 22.0 Å². The number of hydrogen-bond acceptors (Lipinski definition) is 5. The Morgan fingerprint density at radius 2 is 2.04 bits per heavy atom. The second-order valence-corrected chi connectivity index (χ2v) is 7.58. The van der Waals surface area contributed by atoms with Crippen molar-refractivity contribution < 1.29 is 19.4 Å². The van der Waals surface area contributed by atoms with Crippen LogP contribution in [0, 0.1) is 11.3 Å². The highest BCUT2D eigenvalue weighted by atomic mass is 79.9. The van der Waals surface area contributed by atoms with Crippen LogP contribution in [0.5, 0.6) is 0 Å². The fourth-order valence-electron chi connectivity index (χ4n) is 2.66. The van der Waals surface area contributed by atoms with Crippen molar-refractivity contribution in [1.82, 2.24) is 4.90 Å². The van der Waals surface area contributed by atoms with Gasteiger partial charge in [-0.25, -0.2) is 9.59 Å². The molecule has 1 aromatic carbocycles. The highest BCUT2D eigenvalue weighted by molar-refractivity contribution is 9.10. The standard InChI is InChI=1S/C17H20BrN3O4/c1-17(2,3)25-16(24)21-8-7-20(10-13(21)15(22)23)14-11(9-19)5-4-6-12(14)18/h4-6,13H,7-8,10H2,1-3H3,(H,22,23)/t13-/m0/s1. The van der Waals surface area contributed by atoms with Crippen LogP contribution in [0.4, 0.5) is 10.5 Å². The third-order valence-electron chi connectivity index (χ3n) is 3.72. The fraction of sp³-hybridized carbons (Fsp3) is 0.471. The molecule has 1 N–H and O–H groups in total. The smallest absolute Gasteiger partial charge is 0.411 e. The maximum absolute atomic E-state index is 12.3. The molecule has 25 heavy (non-hydrogen) atoms. The van der Waals surface area contributed by atoms with Gasteiger partial charge in [-0.3, -0.25) is 4.90 Å². The highest BCUT2D eigenvalue weighted by Gasteiger charge is 2.38. The lowest BCUT2D eigenvalue weighted by Gasteiger charge is -2.41. The van der Waals surface area contributed by atoms with E-state index in [-0.39, 0.29) is 13.1 Å². The number of ether oxygens (including phenoxy) is 1. The lowest BCUT2D eigenvalue weighted by Crippen LogP contribution is -2.59. The number of benzene rings is 1. The van der Waals surface area contributed by atoms with Gasteiger partial charge in [0.15, 0.2) is 0 Å². The molecule has 8 heteroatoms. The van der Waals surface area contributed by atoms with E-state index in [1.807, 2.05) is 4.90 Å². The Labute approximate surface area is 154 Å². The number of carboxylic acid groups (broad SMARTS) is 1. The first kappa shape index (κ1) is 19.1. The molecule has 2 rings (SSSR count). The van der Waals surface area contributed by atoms with Crippen molar-refractivity contribution in [2.45, 2.75) is 32.4 Å². The van der Waals surface area contributed by atoms with Gasteiger partial charge < -0.3 is 14.7 Å². The van der Waals surface area contributed by atoms with E-state index in [9.17, 15) is 20.0 Å². The van der Waals surface area contributed by atoms with Crippen LogP contribution in [0.2, 0.25) is 0 Å². The number of anilines is 1. The van der Waals surface area contributed by atoms with E-state index in [4.69, 9.17) is 4.74 Å². The lowest BCUT2D eigenvalue weighted by molar-refractivity contribution is -0.143.